The first kappa shape index (κ1) is 18.3. The van der Waals surface area contributed by atoms with Crippen LogP contribution in [0.1, 0.15) is 36.2 Å². The van der Waals surface area contributed by atoms with E-state index in [1.165, 1.54) is 13.3 Å². The molecule has 0 aliphatic carbocycles. The van der Waals surface area contributed by atoms with E-state index >= 15 is 0 Å². The molecule has 7 heteroatoms. The second-order valence-electron chi connectivity index (χ2n) is 6.82. The average Bonchev–Trinajstić information content (AvgIpc) is 2.48. The molecule has 1 aromatic carbocycles. The molecule has 1 fully saturated rings. The summed E-state index contributed by atoms with van der Waals surface area (Å²) in [5.41, 5.74) is -0.461. The topological polar surface area (TPSA) is 75.5 Å². The van der Waals surface area contributed by atoms with Gasteiger partial charge in [-0.1, -0.05) is 13.8 Å². The number of hydrogen-bond donors (Lipinski definition) is 1. The average molecular weight is 337 g/mol. The SMILES string of the molecule is Cc1c(F)cc(C(=O)NCCN2CC(C)CC(C)C2)cc1[N+](=O)[O-]. The Morgan fingerprint density at radius 2 is 2.00 bits per heavy atom. The van der Waals surface area contributed by atoms with E-state index in [9.17, 15) is 19.3 Å². The number of amides is 1. The highest BCUT2D eigenvalue weighted by Gasteiger charge is 2.22. The molecule has 1 N–H and O–H groups in total. The van der Waals surface area contributed by atoms with Gasteiger partial charge in [0.1, 0.15) is 5.82 Å². The Kier molecular flexibility index (Phi) is 5.88. The van der Waals surface area contributed by atoms with Crippen molar-refractivity contribution in [3.63, 3.8) is 0 Å². The number of nitro benzene ring substituents is 1. The third-order valence-electron chi connectivity index (χ3n) is 4.43. The molecule has 1 aromatic rings. The number of likely N-dealkylation sites (tertiary alicyclic amines) is 1. The Morgan fingerprint density at radius 3 is 2.58 bits per heavy atom. The van der Waals surface area contributed by atoms with E-state index in [-0.39, 0.29) is 16.8 Å². The van der Waals surface area contributed by atoms with Gasteiger partial charge in [-0.3, -0.25) is 14.9 Å². The second-order valence-corrected chi connectivity index (χ2v) is 6.82. The van der Waals surface area contributed by atoms with E-state index < -0.39 is 16.6 Å². The Labute approximate surface area is 141 Å². The van der Waals surface area contributed by atoms with Gasteiger partial charge in [-0.2, -0.15) is 0 Å². The lowest BCUT2D eigenvalue weighted by Crippen LogP contribution is -2.42. The summed E-state index contributed by atoms with van der Waals surface area (Å²) in [7, 11) is 0. The Balaban J connectivity index is 1.94. The van der Waals surface area contributed by atoms with Crippen LogP contribution in [0.25, 0.3) is 0 Å². The molecule has 1 heterocycles. The molecule has 0 bridgehead atoms. The van der Waals surface area contributed by atoms with Crippen molar-refractivity contribution in [2.75, 3.05) is 26.2 Å². The lowest BCUT2D eigenvalue weighted by Gasteiger charge is -2.34. The summed E-state index contributed by atoms with van der Waals surface area (Å²) in [6, 6.07) is 2.17. The van der Waals surface area contributed by atoms with Crippen molar-refractivity contribution < 1.29 is 14.1 Å². The number of nitro groups is 1. The summed E-state index contributed by atoms with van der Waals surface area (Å²) < 4.78 is 13.8. The van der Waals surface area contributed by atoms with Gasteiger partial charge < -0.3 is 10.2 Å². The molecule has 0 radical (unpaired) electrons. The molecular formula is C17H24FN3O3. The first-order chi connectivity index (χ1) is 11.3. The van der Waals surface area contributed by atoms with Gasteiger partial charge in [0.25, 0.3) is 11.6 Å². The molecule has 0 spiro atoms. The van der Waals surface area contributed by atoms with Gasteiger partial charge in [0.2, 0.25) is 0 Å². The maximum atomic E-state index is 13.8. The number of piperidine rings is 1. The number of hydrogen-bond acceptors (Lipinski definition) is 4. The number of benzene rings is 1. The van der Waals surface area contributed by atoms with Crippen LogP contribution < -0.4 is 5.32 Å². The summed E-state index contributed by atoms with van der Waals surface area (Å²) in [4.78, 5) is 24.7. The predicted molar refractivity (Wildman–Crippen MR) is 89.5 cm³/mol. The van der Waals surface area contributed by atoms with Gasteiger partial charge in [0.05, 0.1) is 10.5 Å². The predicted octanol–water partition coefficient (Wildman–Crippen LogP) is 2.75. The van der Waals surface area contributed by atoms with Crippen LogP contribution in [0.2, 0.25) is 0 Å². The van der Waals surface area contributed by atoms with Gasteiger partial charge in [0.15, 0.2) is 0 Å². The smallest absolute Gasteiger partial charge is 0.276 e. The second kappa shape index (κ2) is 7.70. The van der Waals surface area contributed by atoms with E-state index in [0.717, 1.165) is 31.8 Å². The van der Waals surface area contributed by atoms with Crippen LogP contribution in [0.4, 0.5) is 10.1 Å². The van der Waals surface area contributed by atoms with E-state index in [0.29, 0.717) is 18.4 Å². The van der Waals surface area contributed by atoms with E-state index in [1.807, 2.05) is 0 Å². The molecule has 2 rings (SSSR count). The van der Waals surface area contributed by atoms with Crippen LogP contribution in [-0.2, 0) is 0 Å². The molecule has 0 saturated carbocycles. The van der Waals surface area contributed by atoms with Gasteiger partial charge >= 0.3 is 0 Å². The van der Waals surface area contributed by atoms with E-state index in [1.54, 1.807) is 0 Å². The fraction of sp³-hybridized carbons (Fsp3) is 0.588. The fourth-order valence-electron chi connectivity index (χ4n) is 3.39. The summed E-state index contributed by atoms with van der Waals surface area (Å²) in [6.07, 6.45) is 1.22. The standard InChI is InChI=1S/C17H24FN3O3/c1-11-6-12(2)10-20(9-11)5-4-19-17(22)14-7-15(18)13(3)16(8-14)21(23)24/h7-8,11-12H,4-6,9-10H2,1-3H3,(H,19,22). The van der Waals surface area contributed by atoms with Crippen molar-refractivity contribution in [3.05, 3.63) is 39.2 Å². The van der Waals surface area contributed by atoms with E-state index in [2.05, 4.69) is 24.1 Å². The quantitative estimate of drug-likeness (QED) is 0.662. The number of halogens is 1. The molecular weight excluding hydrogens is 313 g/mol. The number of carbonyl (C=O) groups excluding carboxylic acids is 1. The van der Waals surface area contributed by atoms with Crippen LogP contribution >= 0.6 is 0 Å². The first-order valence-corrected chi connectivity index (χ1v) is 8.23. The van der Waals surface area contributed by atoms with Crippen LogP contribution in [0.15, 0.2) is 12.1 Å². The monoisotopic (exact) mass is 337 g/mol. The largest absolute Gasteiger partial charge is 0.351 e. The number of nitrogens with one attached hydrogen (secondary N) is 1. The normalized spacial score (nSPS) is 21.5. The van der Waals surface area contributed by atoms with Gasteiger partial charge in [-0.25, -0.2) is 4.39 Å². The highest BCUT2D eigenvalue weighted by atomic mass is 19.1. The summed E-state index contributed by atoms with van der Waals surface area (Å²) in [5.74, 6) is 0.0414. The van der Waals surface area contributed by atoms with Crippen molar-refractivity contribution >= 4 is 11.6 Å². The molecule has 1 aliphatic rings. The minimum Gasteiger partial charge on any atom is -0.351 e. The molecule has 1 amide bonds. The fourth-order valence-corrected chi connectivity index (χ4v) is 3.39. The van der Waals surface area contributed by atoms with Crippen LogP contribution in [-0.4, -0.2) is 41.9 Å². The summed E-state index contributed by atoms with van der Waals surface area (Å²) in [5, 5.41) is 13.7. The van der Waals surface area contributed by atoms with Gasteiger partial charge in [-0.05, 0) is 31.2 Å². The van der Waals surface area contributed by atoms with Crippen molar-refractivity contribution in [3.8, 4) is 0 Å². The molecule has 132 valence electrons. The molecule has 2 unspecified atom stereocenters. The Hall–Kier alpha value is -2.02. The zero-order valence-electron chi connectivity index (χ0n) is 14.3. The Bertz CT molecular complexity index is 626. The molecule has 2 atom stereocenters. The van der Waals surface area contributed by atoms with Crippen molar-refractivity contribution in [1.82, 2.24) is 10.2 Å². The minimum atomic E-state index is -0.743. The molecule has 1 aliphatic heterocycles. The summed E-state index contributed by atoms with van der Waals surface area (Å²) in [6.45, 7) is 8.92. The lowest BCUT2D eigenvalue weighted by atomic mass is 9.92. The third-order valence-corrected chi connectivity index (χ3v) is 4.43. The van der Waals surface area contributed by atoms with Crippen LogP contribution in [0.3, 0.4) is 0 Å². The van der Waals surface area contributed by atoms with Crippen molar-refractivity contribution in [1.29, 1.82) is 0 Å². The zero-order valence-corrected chi connectivity index (χ0v) is 14.3. The maximum Gasteiger partial charge on any atom is 0.276 e. The lowest BCUT2D eigenvalue weighted by molar-refractivity contribution is -0.385. The first-order valence-electron chi connectivity index (χ1n) is 8.23. The molecule has 0 aromatic heterocycles. The molecule has 6 nitrogen and oxygen atoms in total. The highest BCUT2D eigenvalue weighted by Crippen LogP contribution is 2.23. The number of nitrogens with zero attached hydrogens (tertiary/aromatic N) is 2. The zero-order chi connectivity index (χ0) is 17.9. The maximum absolute atomic E-state index is 13.8. The highest BCUT2D eigenvalue weighted by molar-refractivity contribution is 5.95. The number of carbonyl (C=O) groups is 1. The van der Waals surface area contributed by atoms with Crippen molar-refractivity contribution in [2.45, 2.75) is 27.2 Å². The molecule has 1 saturated heterocycles. The third kappa shape index (κ3) is 4.50. The summed E-state index contributed by atoms with van der Waals surface area (Å²) >= 11 is 0. The van der Waals surface area contributed by atoms with Crippen molar-refractivity contribution in [2.24, 2.45) is 11.8 Å². The molecule has 24 heavy (non-hydrogen) atoms. The Morgan fingerprint density at radius 1 is 1.38 bits per heavy atom. The van der Waals surface area contributed by atoms with Crippen LogP contribution in [0.5, 0.6) is 0 Å². The minimum absolute atomic E-state index is 0.0230. The van der Waals surface area contributed by atoms with Gasteiger partial charge in [-0.15, -0.1) is 0 Å². The van der Waals surface area contributed by atoms with Gasteiger partial charge in [0, 0.05) is 37.8 Å². The van der Waals surface area contributed by atoms with E-state index in [4.69, 9.17) is 0 Å². The number of rotatable bonds is 5. The van der Waals surface area contributed by atoms with Crippen LogP contribution in [0, 0.1) is 34.7 Å².